The van der Waals surface area contributed by atoms with Crippen molar-refractivity contribution in [3.8, 4) is 0 Å². The average Bonchev–Trinajstić information content (AvgIpc) is 3.09. The van der Waals surface area contributed by atoms with Crippen LogP contribution < -0.4 is 11.2 Å². The zero-order valence-electron chi connectivity index (χ0n) is 19.0. The molecule has 210 valence electrons. The van der Waals surface area contributed by atoms with Crippen LogP contribution in [0.1, 0.15) is 38.0 Å². The van der Waals surface area contributed by atoms with Crippen molar-refractivity contribution in [2.75, 3.05) is 13.2 Å². The molecule has 0 aromatic carbocycles. The number of ether oxygens (including phenoxy) is 2. The van der Waals surface area contributed by atoms with Crippen molar-refractivity contribution < 1.29 is 65.8 Å². The van der Waals surface area contributed by atoms with Crippen molar-refractivity contribution in [3.63, 3.8) is 0 Å². The van der Waals surface area contributed by atoms with Crippen molar-refractivity contribution in [2.24, 2.45) is 0 Å². The van der Waals surface area contributed by atoms with Crippen LogP contribution in [0, 0.1) is 0 Å². The van der Waals surface area contributed by atoms with Gasteiger partial charge in [0.05, 0.1) is 24.9 Å². The topological polar surface area (TPSA) is 270 Å². The molecule has 1 aliphatic rings. The third kappa shape index (κ3) is 10.5. The highest BCUT2D eigenvalue weighted by molar-refractivity contribution is 7.66. The number of hydrogen-bond donors (Lipinski definition) is 6. The van der Waals surface area contributed by atoms with Gasteiger partial charge in [0.15, 0.2) is 0 Å². The van der Waals surface area contributed by atoms with E-state index in [1.807, 2.05) is 11.9 Å². The van der Waals surface area contributed by atoms with Crippen LogP contribution in [0.25, 0.3) is 6.08 Å². The van der Waals surface area contributed by atoms with Gasteiger partial charge in [-0.15, -0.1) is 0 Å². The van der Waals surface area contributed by atoms with E-state index in [1.54, 1.807) is 0 Å². The van der Waals surface area contributed by atoms with Gasteiger partial charge < -0.3 is 34.2 Å². The van der Waals surface area contributed by atoms with E-state index >= 15 is 0 Å². The largest absolute Gasteiger partial charge is 0.490 e. The van der Waals surface area contributed by atoms with Gasteiger partial charge in [0, 0.05) is 18.7 Å². The van der Waals surface area contributed by atoms with E-state index in [9.17, 15) is 38.1 Å². The summed E-state index contributed by atoms with van der Waals surface area (Å²) >= 11 is 0. The van der Waals surface area contributed by atoms with Gasteiger partial charge in [0.1, 0.15) is 12.3 Å². The molecule has 1 saturated heterocycles. The minimum atomic E-state index is -5.73. The summed E-state index contributed by atoms with van der Waals surface area (Å²) in [5.41, 5.74) is -1.91. The molecular weight excluding hydrogens is 569 g/mol. The lowest BCUT2D eigenvalue weighted by Crippen LogP contribution is -2.33. The highest BCUT2D eigenvalue weighted by Gasteiger charge is 2.43. The molecule has 1 aliphatic heterocycles. The van der Waals surface area contributed by atoms with Gasteiger partial charge in [-0.05, 0) is 12.5 Å². The smallest absolute Gasteiger partial charge is 0.463 e. The molecule has 0 bridgehead atoms. The van der Waals surface area contributed by atoms with Crippen LogP contribution in [0.4, 0.5) is 0 Å². The molecule has 1 aromatic heterocycles. The minimum absolute atomic E-state index is 0.137. The summed E-state index contributed by atoms with van der Waals surface area (Å²) in [6, 6.07) is 0. The molecule has 0 radical (unpaired) electrons. The molecule has 2 heterocycles. The van der Waals surface area contributed by atoms with Crippen molar-refractivity contribution in [1.82, 2.24) is 9.55 Å². The number of H-pyrrole nitrogens is 1. The zero-order chi connectivity index (χ0) is 28.0. The number of carbonyl (C=O) groups is 1. The van der Waals surface area contributed by atoms with Gasteiger partial charge in [-0.2, -0.15) is 8.62 Å². The molecule has 37 heavy (non-hydrogen) atoms. The lowest BCUT2D eigenvalue weighted by atomic mass is 10.2. The first-order chi connectivity index (χ1) is 17.0. The number of aromatic amines is 1. The Balaban J connectivity index is 2.07. The Morgan fingerprint density at radius 2 is 1.86 bits per heavy atom. The van der Waals surface area contributed by atoms with Crippen LogP contribution in [0.2, 0.25) is 0 Å². The van der Waals surface area contributed by atoms with Crippen LogP contribution in [0.15, 0.2) is 21.9 Å². The van der Waals surface area contributed by atoms with Gasteiger partial charge in [0.25, 0.3) is 5.56 Å². The zero-order valence-corrected chi connectivity index (χ0v) is 21.7. The SMILES string of the molecule is CCCCOC(=O)/C=C/c1cn([C@H]2C[C@H](O)[C@@H](COP(=O)(O)OP(=O)(O)OP(=O)(O)O)O2)c(=O)[nH]c1=O. The summed E-state index contributed by atoms with van der Waals surface area (Å²) in [4.78, 5) is 73.8. The third-order valence-electron chi connectivity index (χ3n) is 4.47. The fourth-order valence-corrected chi connectivity index (χ4v) is 5.89. The maximum absolute atomic E-state index is 12.3. The standard InChI is InChI=1S/C16H25N2O16P3/c1-2-3-6-30-14(20)5-4-10-8-18(16(22)17-15(10)21)13-7-11(19)12(32-13)9-31-36(26,27)34-37(28,29)33-35(23,24)25/h4-5,8,11-13,19H,2-3,6-7,9H2,1H3,(H,26,27)(H,28,29)(H,17,21,22)(H2,23,24,25)/b5-4+/t11-,12+,13+/m0/s1. The normalized spacial score (nSPS) is 23.6. The first-order valence-corrected chi connectivity index (χ1v) is 14.9. The average molecular weight is 594 g/mol. The van der Waals surface area contributed by atoms with E-state index in [4.69, 9.17) is 24.2 Å². The Morgan fingerprint density at radius 3 is 2.49 bits per heavy atom. The summed E-state index contributed by atoms with van der Waals surface area (Å²) in [7, 11) is -16.8. The van der Waals surface area contributed by atoms with E-state index in [1.165, 1.54) is 0 Å². The van der Waals surface area contributed by atoms with Gasteiger partial charge in [0.2, 0.25) is 0 Å². The molecule has 6 N–H and O–H groups in total. The maximum Gasteiger partial charge on any atom is 0.490 e. The number of phosphoric acid groups is 3. The summed E-state index contributed by atoms with van der Waals surface area (Å²) < 4.78 is 56.7. The molecule has 1 fully saturated rings. The molecule has 0 saturated carbocycles. The second kappa shape index (κ2) is 12.8. The summed E-state index contributed by atoms with van der Waals surface area (Å²) in [5.74, 6) is -0.718. The predicted octanol–water partition coefficient (Wildman–Crippen LogP) is -0.115. The molecule has 0 spiro atoms. The first-order valence-electron chi connectivity index (χ1n) is 10.3. The predicted molar refractivity (Wildman–Crippen MR) is 121 cm³/mol. The van der Waals surface area contributed by atoms with Crippen LogP contribution in [-0.4, -0.2) is 65.6 Å². The van der Waals surface area contributed by atoms with Gasteiger partial charge >= 0.3 is 35.1 Å². The molecule has 5 atom stereocenters. The highest BCUT2D eigenvalue weighted by Crippen LogP contribution is 2.66. The Morgan fingerprint density at radius 1 is 1.19 bits per heavy atom. The van der Waals surface area contributed by atoms with Crippen molar-refractivity contribution in [3.05, 3.63) is 38.7 Å². The fraction of sp³-hybridized carbons (Fsp3) is 0.562. The number of nitrogens with zero attached hydrogens (tertiary/aromatic N) is 1. The second-order valence-electron chi connectivity index (χ2n) is 7.42. The summed E-state index contributed by atoms with van der Waals surface area (Å²) in [6.45, 7) is 1.14. The number of aromatic nitrogens is 2. The Bertz CT molecular complexity index is 1250. The van der Waals surface area contributed by atoms with Crippen LogP contribution in [-0.2, 0) is 41.1 Å². The minimum Gasteiger partial charge on any atom is -0.463 e. The Hall–Kier alpha value is -1.78. The fourth-order valence-electron chi connectivity index (χ4n) is 2.86. The van der Waals surface area contributed by atoms with Crippen LogP contribution in [0.5, 0.6) is 0 Å². The lowest BCUT2D eigenvalue weighted by Gasteiger charge is -2.19. The quantitative estimate of drug-likeness (QED) is 0.0752. The Labute approximate surface area is 207 Å². The molecule has 21 heteroatoms. The molecule has 2 unspecified atom stereocenters. The molecule has 0 aliphatic carbocycles. The van der Waals surface area contributed by atoms with Gasteiger partial charge in [-0.1, -0.05) is 13.3 Å². The number of carbonyl (C=O) groups excluding carboxylic acids is 1. The molecule has 2 rings (SSSR count). The van der Waals surface area contributed by atoms with Crippen molar-refractivity contribution in [2.45, 2.75) is 44.6 Å². The van der Waals surface area contributed by atoms with E-state index < -0.39 is 65.7 Å². The van der Waals surface area contributed by atoms with E-state index in [0.29, 0.717) is 6.42 Å². The molecule has 1 aromatic rings. The first kappa shape index (κ1) is 31.4. The van der Waals surface area contributed by atoms with Gasteiger partial charge in [-0.3, -0.25) is 18.9 Å². The summed E-state index contributed by atoms with van der Waals surface area (Å²) in [5, 5.41) is 10.2. The van der Waals surface area contributed by atoms with E-state index in [0.717, 1.165) is 29.3 Å². The Kier molecular flexibility index (Phi) is 10.9. The van der Waals surface area contributed by atoms with E-state index in [-0.39, 0.29) is 18.6 Å². The van der Waals surface area contributed by atoms with Crippen LogP contribution in [0.3, 0.4) is 0 Å². The number of aliphatic hydroxyl groups excluding tert-OH is 1. The number of hydrogen-bond acceptors (Lipinski definition) is 12. The number of rotatable bonds is 13. The second-order valence-corrected chi connectivity index (χ2v) is 11.8. The van der Waals surface area contributed by atoms with Gasteiger partial charge in [-0.25, -0.2) is 23.3 Å². The third-order valence-corrected chi connectivity index (χ3v) is 8.27. The highest BCUT2D eigenvalue weighted by atomic mass is 31.3. The maximum atomic E-state index is 12.3. The number of nitrogens with one attached hydrogen (secondary N) is 1. The monoisotopic (exact) mass is 594 g/mol. The summed E-state index contributed by atoms with van der Waals surface area (Å²) in [6.07, 6.45) is 0.249. The van der Waals surface area contributed by atoms with Crippen molar-refractivity contribution >= 4 is 35.5 Å². The van der Waals surface area contributed by atoms with Crippen molar-refractivity contribution in [1.29, 1.82) is 0 Å². The molecule has 18 nitrogen and oxygen atoms in total. The lowest BCUT2D eigenvalue weighted by molar-refractivity contribution is -0.137. The van der Waals surface area contributed by atoms with E-state index in [2.05, 4.69) is 13.1 Å². The number of esters is 1. The molecular formula is C16H25N2O16P3. The number of unbranched alkanes of at least 4 members (excludes halogenated alkanes) is 1. The number of phosphoric ester groups is 1. The number of aliphatic hydroxyl groups is 1. The van der Waals surface area contributed by atoms with Crippen LogP contribution >= 0.6 is 23.5 Å². The molecule has 0 amide bonds.